The zero-order valence-electron chi connectivity index (χ0n) is 19.3. The van der Waals surface area contributed by atoms with Crippen molar-refractivity contribution in [3.8, 4) is 5.75 Å². The van der Waals surface area contributed by atoms with Crippen molar-refractivity contribution < 1.29 is 9.53 Å². The summed E-state index contributed by atoms with van der Waals surface area (Å²) in [5.74, 6) is 1.90. The zero-order valence-corrected chi connectivity index (χ0v) is 19.3. The number of rotatable bonds is 10. The third-order valence-corrected chi connectivity index (χ3v) is 5.42. The molecule has 0 saturated heterocycles. The van der Waals surface area contributed by atoms with Gasteiger partial charge in [-0.2, -0.15) is 0 Å². The Morgan fingerprint density at radius 2 is 1.81 bits per heavy atom. The standard InChI is InChI=1S/C26H35N3O2/c1-5-10-25(30)27-19-24-28-22-11-6-7-12-23(22)29(24)17-8-9-18-31-21-15-13-20(14-16-21)26(2,3)4/h6-7,11-16H,5,8-10,17-19H2,1-4H3,(H,27,30). The molecule has 0 aliphatic carbocycles. The van der Waals surface area contributed by atoms with Crippen molar-refractivity contribution in [1.29, 1.82) is 0 Å². The number of para-hydroxylation sites is 2. The highest BCUT2D eigenvalue weighted by atomic mass is 16.5. The Labute approximate surface area is 185 Å². The van der Waals surface area contributed by atoms with Crippen LogP contribution in [0.2, 0.25) is 0 Å². The number of unbranched alkanes of at least 4 members (excludes halogenated alkanes) is 1. The first-order chi connectivity index (χ1) is 14.9. The number of aryl methyl sites for hydroxylation is 1. The average Bonchev–Trinajstić information content (AvgIpc) is 3.09. The van der Waals surface area contributed by atoms with Gasteiger partial charge >= 0.3 is 0 Å². The molecule has 3 rings (SSSR count). The monoisotopic (exact) mass is 421 g/mol. The Kier molecular flexibility index (Phi) is 7.72. The molecule has 5 nitrogen and oxygen atoms in total. The summed E-state index contributed by atoms with van der Waals surface area (Å²) in [7, 11) is 0. The molecule has 3 aromatic rings. The van der Waals surface area contributed by atoms with Gasteiger partial charge < -0.3 is 14.6 Å². The second-order valence-corrected chi connectivity index (χ2v) is 9.03. The molecule has 0 aliphatic rings. The summed E-state index contributed by atoms with van der Waals surface area (Å²) in [5, 5.41) is 2.99. The quantitative estimate of drug-likeness (QED) is 0.433. The van der Waals surface area contributed by atoms with Crippen LogP contribution in [0.1, 0.15) is 64.8 Å². The maximum atomic E-state index is 11.9. The molecule has 0 bridgehead atoms. The highest BCUT2D eigenvalue weighted by Gasteiger charge is 2.13. The molecule has 1 heterocycles. The third kappa shape index (κ3) is 6.33. The number of amides is 1. The van der Waals surface area contributed by atoms with E-state index in [1.165, 1.54) is 5.56 Å². The number of ether oxygens (including phenoxy) is 1. The van der Waals surface area contributed by atoms with Gasteiger partial charge in [-0.05, 0) is 54.5 Å². The predicted octanol–water partition coefficient (Wildman–Crippen LogP) is 5.61. The lowest BCUT2D eigenvalue weighted by Gasteiger charge is -2.19. The smallest absolute Gasteiger partial charge is 0.220 e. The van der Waals surface area contributed by atoms with E-state index < -0.39 is 0 Å². The van der Waals surface area contributed by atoms with Crippen molar-refractivity contribution in [2.75, 3.05) is 6.61 Å². The van der Waals surface area contributed by atoms with E-state index in [0.717, 1.165) is 48.4 Å². The van der Waals surface area contributed by atoms with Gasteiger partial charge in [0.15, 0.2) is 0 Å². The zero-order chi connectivity index (χ0) is 22.3. The van der Waals surface area contributed by atoms with E-state index in [2.05, 4.69) is 61.0 Å². The summed E-state index contributed by atoms with van der Waals surface area (Å²) < 4.78 is 8.16. The molecule has 1 aromatic heterocycles. The fraction of sp³-hybridized carbons (Fsp3) is 0.462. The minimum Gasteiger partial charge on any atom is -0.494 e. The maximum absolute atomic E-state index is 11.9. The first kappa shape index (κ1) is 22.9. The average molecular weight is 422 g/mol. The van der Waals surface area contributed by atoms with E-state index in [0.29, 0.717) is 19.6 Å². The Bertz CT molecular complexity index is 984. The fourth-order valence-corrected chi connectivity index (χ4v) is 3.62. The molecule has 0 atom stereocenters. The normalized spacial score (nSPS) is 11.6. The van der Waals surface area contributed by atoms with E-state index in [-0.39, 0.29) is 11.3 Å². The Morgan fingerprint density at radius 3 is 2.52 bits per heavy atom. The number of nitrogens with one attached hydrogen (secondary N) is 1. The molecule has 0 spiro atoms. The van der Waals surface area contributed by atoms with Gasteiger partial charge in [-0.1, -0.05) is 52.0 Å². The second kappa shape index (κ2) is 10.5. The van der Waals surface area contributed by atoms with Gasteiger partial charge in [0.25, 0.3) is 0 Å². The van der Waals surface area contributed by atoms with Gasteiger partial charge in [-0.25, -0.2) is 4.98 Å². The first-order valence-corrected chi connectivity index (χ1v) is 11.3. The number of hydrogen-bond acceptors (Lipinski definition) is 3. The molecule has 0 radical (unpaired) electrons. The number of aromatic nitrogens is 2. The molecule has 0 aliphatic heterocycles. The lowest BCUT2D eigenvalue weighted by atomic mass is 9.87. The number of nitrogens with zero attached hydrogens (tertiary/aromatic N) is 2. The van der Waals surface area contributed by atoms with Crippen molar-refractivity contribution in [3.05, 3.63) is 59.9 Å². The third-order valence-electron chi connectivity index (χ3n) is 5.42. The number of hydrogen-bond donors (Lipinski definition) is 1. The van der Waals surface area contributed by atoms with Gasteiger partial charge in [0.05, 0.1) is 24.2 Å². The van der Waals surface area contributed by atoms with Gasteiger partial charge in [-0.3, -0.25) is 4.79 Å². The summed E-state index contributed by atoms with van der Waals surface area (Å²) in [6.45, 7) is 10.7. The maximum Gasteiger partial charge on any atom is 0.220 e. The number of fused-ring (bicyclic) bond motifs is 1. The molecule has 2 aromatic carbocycles. The molecular formula is C26H35N3O2. The van der Waals surface area contributed by atoms with Gasteiger partial charge in [0.1, 0.15) is 11.6 Å². The molecular weight excluding hydrogens is 386 g/mol. The molecule has 0 fully saturated rings. The molecule has 0 saturated carbocycles. The summed E-state index contributed by atoms with van der Waals surface area (Å²) in [4.78, 5) is 16.6. The number of carbonyl (C=O) groups is 1. The van der Waals surface area contributed by atoms with Crippen LogP contribution >= 0.6 is 0 Å². The summed E-state index contributed by atoms with van der Waals surface area (Å²) in [5.41, 5.74) is 3.54. The van der Waals surface area contributed by atoms with Crippen LogP contribution in [0.3, 0.4) is 0 Å². The van der Waals surface area contributed by atoms with Crippen molar-refractivity contribution in [1.82, 2.24) is 14.9 Å². The molecule has 1 N–H and O–H groups in total. The van der Waals surface area contributed by atoms with Gasteiger partial charge in [-0.15, -0.1) is 0 Å². The Morgan fingerprint density at radius 1 is 1.06 bits per heavy atom. The van der Waals surface area contributed by atoms with E-state index in [1.54, 1.807) is 0 Å². The molecule has 31 heavy (non-hydrogen) atoms. The van der Waals surface area contributed by atoms with Crippen LogP contribution < -0.4 is 10.1 Å². The van der Waals surface area contributed by atoms with E-state index >= 15 is 0 Å². The van der Waals surface area contributed by atoms with Crippen molar-refractivity contribution in [2.24, 2.45) is 0 Å². The molecule has 166 valence electrons. The van der Waals surface area contributed by atoms with Crippen LogP contribution in [-0.4, -0.2) is 22.1 Å². The first-order valence-electron chi connectivity index (χ1n) is 11.3. The number of imidazole rings is 1. The molecule has 5 heteroatoms. The van der Waals surface area contributed by atoms with Crippen LogP contribution in [-0.2, 0) is 23.3 Å². The van der Waals surface area contributed by atoms with E-state index in [4.69, 9.17) is 9.72 Å². The highest BCUT2D eigenvalue weighted by Crippen LogP contribution is 2.24. The van der Waals surface area contributed by atoms with Crippen LogP contribution in [0, 0.1) is 0 Å². The Balaban J connectivity index is 1.54. The summed E-state index contributed by atoms with van der Waals surface area (Å²) in [6, 6.07) is 16.5. The number of benzene rings is 2. The van der Waals surface area contributed by atoms with E-state index in [1.807, 2.05) is 25.1 Å². The van der Waals surface area contributed by atoms with Crippen LogP contribution in [0.4, 0.5) is 0 Å². The second-order valence-electron chi connectivity index (χ2n) is 9.03. The summed E-state index contributed by atoms with van der Waals surface area (Å²) in [6.07, 6.45) is 3.33. The fourth-order valence-electron chi connectivity index (χ4n) is 3.62. The highest BCUT2D eigenvalue weighted by molar-refractivity contribution is 5.77. The minimum atomic E-state index is 0.0759. The van der Waals surface area contributed by atoms with Crippen molar-refractivity contribution in [3.63, 3.8) is 0 Å². The van der Waals surface area contributed by atoms with Gasteiger partial charge in [0, 0.05) is 13.0 Å². The van der Waals surface area contributed by atoms with E-state index in [9.17, 15) is 4.79 Å². The predicted molar refractivity (Wildman–Crippen MR) is 126 cm³/mol. The topological polar surface area (TPSA) is 56.2 Å². The SMILES string of the molecule is CCCC(=O)NCc1nc2ccccc2n1CCCCOc1ccc(C(C)(C)C)cc1. The Hall–Kier alpha value is -2.82. The van der Waals surface area contributed by atoms with Gasteiger partial charge in [0.2, 0.25) is 5.91 Å². The van der Waals surface area contributed by atoms with Crippen LogP contribution in [0.15, 0.2) is 48.5 Å². The summed E-state index contributed by atoms with van der Waals surface area (Å²) >= 11 is 0. The van der Waals surface area contributed by atoms with Crippen molar-refractivity contribution >= 4 is 16.9 Å². The molecule has 0 unspecified atom stereocenters. The molecule has 1 amide bonds. The lowest BCUT2D eigenvalue weighted by molar-refractivity contribution is -0.121. The number of carbonyl (C=O) groups excluding carboxylic acids is 1. The van der Waals surface area contributed by atoms with Crippen molar-refractivity contribution in [2.45, 2.75) is 71.9 Å². The largest absolute Gasteiger partial charge is 0.494 e. The lowest BCUT2D eigenvalue weighted by Crippen LogP contribution is -2.24. The van der Waals surface area contributed by atoms with Crippen LogP contribution in [0.5, 0.6) is 5.75 Å². The minimum absolute atomic E-state index is 0.0759. The van der Waals surface area contributed by atoms with Crippen LogP contribution in [0.25, 0.3) is 11.0 Å².